The summed E-state index contributed by atoms with van der Waals surface area (Å²) in [4.78, 5) is 18.4. The highest BCUT2D eigenvalue weighted by Crippen LogP contribution is 2.39. The smallest absolute Gasteiger partial charge is 0.248 e. The van der Waals surface area contributed by atoms with Crippen molar-refractivity contribution in [1.29, 1.82) is 0 Å². The zero-order valence-corrected chi connectivity index (χ0v) is 16.6. The van der Waals surface area contributed by atoms with Crippen molar-refractivity contribution in [1.82, 2.24) is 4.90 Å². The fourth-order valence-electron chi connectivity index (χ4n) is 3.13. The number of sulfone groups is 1. The first-order valence-electron chi connectivity index (χ1n) is 8.24. The number of carbonyl (C=O) groups excluding carboxylic acids is 1. The van der Waals surface area contributed by atoms with Gasteiger partial charge in [0.2, 0.25) is 5.91 Å². The van der Waals surface area contributed by atoms with Crippen LogP contribution in [0.2, 0.25) is 5.02 Å². The molecule has 3 rings (SSSR count). The van der Waals surface area contributed by atoms with Crippen LogP contribution in [-0.2, 0) is 21.2 Å². The van der Waals surface area contributed by atoms with Gasteiger partial charge in [-0.3, -0.25) is 4.79 Å². The largest absolute Gasteiger partial charge is 0.342 e. The van der Waals surface area contributed by atoms with Gasteiger partial charge in [0, 0.05) is 23.2 Å². The molecule has 2 aliphatic heterocycles. The molecule has 2 aliphatic rings. The van der Waals surface area contributed by atoms with Crippen LogP contribution >= 0.6 is 23.4 Å². The van der Waals surface area contributed by atoms with E-state index >= 15 is 0 Å². The average molecular weight is 401 g/mol. The van der Waals surface area contributed by atoms with Crippen LogP contribution in [0.4, 0.5) is 0 Å². The zero-order valence-electron chi connectivity index (χ0n) is 14.2. The number of amides is 1. The summed E-state index contributed by atoms with van der Waals surface area (Å²) in [5.74, 6) is 0.315. The molecule has 0 N–H and O–H groups in total. The standard InChI is InChI=1S/C17H21ClN2O3S2/c1-11(2)7-16(21)19-17-20(8-12-5-3-4-6-13(12)18)14-9-25(22,23)10-15(14)24-17/h3-6,11,14-15H,7-10H2,1-2H3. The van der Waals surface area contributed by atoms with Crippen LogP contribution < -0.4 is 0 Å². The third-order valence-electron chi connectivity index (χ3n) is 4.28. The quantitative estimate of drug-likeness (QED) is 0.777. The van der Waals surface area contributed by atoms with Crippen molar-refractivity contribution in [2.24, 2.45) is 10.9 Å². The molecule has 0 radical (unpaired) electrons. The average Bonchev–Trinajstić information content (AvgIpc) is 2.93. The van der Waals surface area contributed by atoms with E-state index in [0.29, 0.717) is 23.2 Å². The Labute approximate surface area is 157 Å². The molecule has 2 unspecified atom stereocenters. The molecule has 2 heterocycles. The fourth-order valence-corrected chi connectivity index (χ4v) is 7.30. The van der Waals surface area contributed by atoms with E-state index in [2.05, 4.69) is 4.99 Å². The number of hydrogen-bond donors (Lipinski definition) is 0. The van der Waals surface area contributed by atoms with Crippen LogP contribution in [0.15, 0.2) is 29.3 Å². The molecule has 0 saturated carbocycles. The van der Waals surface area contributed by atoms with Crippen LogP contribution in [0.5, 0.6) is 0 Å². The molecule has 2 fully saturated rings. The minimum Gasteiger partial charge on any atom is -0.342 e. The highest BCUT2D eigenvalue weighted by atomic mass is 35.5. The number of carbonyl (C=O) groups is 1. The Bertz CT molecular complexity index is 808. The summed E-state index contributed by atoms with van der Waals surface area (Å²) >= 11 is 7.67. The first kappa shape index (κ1) is 18.7. The molecule has 8 heteroatoms. The summed E-state index contributed by atoms with van der Waals surface area (Å²) in [6.45, 7) is 4.41. The maximum absolute atomic E-state index is 12.1. The normalized spacial score (nSPS) is 26.4. The molecule has 1 aromatic rings. The SMILES string of the molecule is CC(C)CC(=O)N=C1SC2CS(=O)(=O)CC2N1Cc1ccccc1Cl. The molecule has 2 atom stereocenters. The van der Waals surface area contributed by atoms with Crippen molar-refractivity contribution in [3.63, 3.8) is 0 Å². The van der Waals surface area contributed by atoms with E-state index in [-0.39, 0.29) is 34.6 Å². The molecule has 0 aromatic heterocycles. The highest BCUT2D eigenvalue weighted by Gasteiger charge is 2.48. The van der Waals surface area contributed by atoms with Gasteiger partial charge in [-0.2, -0.15) is 4.99 Å². The van der Waals surface area contributed by atoms with E-state index in [4.69, 9.17) is 11.6 Å². The van der Waals surface area contributed by atoms with Gasteiger partial charge in [0.15, 0.2) is 15.0 Å². The molecule has 2 saturated heterocycles. The first-order chi connectivity index (χ1) is 11.7. The van der Waals surface area contributed by atoms with Crippen molar-refractivity contribution >= 4 is 44.3 Å². The molecule has 136 valence electrons. The second-order valence-electron chi connectivity index (χ2n) is 6.91. The van der Waals surface area contributed by atoms with Crippen LogP contribution in [0.3, 0.4) is 0 Å². The summed E-state index contributed by atoms with van der Waals surface area (Å²) in [5.41, 5.74) is 0.902. The van der Waals surface area contributed by atoms with E-state index < -0.39 is 9.84 Å². The number of rotatable bonds is 4. The van der Waals surface area contributed by atoms with E-state index in [1.807, 2.05) is 43.0 Å². The van der Waals surface area contributed by atoms with E-state index in [1.54, 1.807) is 0 Å². The van der Waals surface area contributed by atoms with Crippen molar-refractivity contribution in [2.75, 3.05) is 11.5 Å². The van der Waals surface area contributed by atoms with Gasteiger partial charge in [-0.25, -0.2) is 8.42 Å². The Kier molecular flexibility index (Phi) is 5.46. The lowest BCUT2D eigenvalue weighted by molar-refractivity contribution is -0.118. The van der Waals surface area contributed by atoms with Gasteiger partial charge in [-0.05, 0) is 17.5 Å². The van der Waals surface area contributed by atoms with Crippen LogP contribution in [0.1, 0.15) is 25.8 Å². The monoisotopic (exact) mass is 400 g/mol. The summed E-state index contributed by atoms with van der Waals surface area (Å²) in [5, 5.41) is 1.18. The summed E-state index contributed by atoms with van der Waals surface area (Å²) in [6, 6.07) is 7.32. The van der Waals surface area contributed by atoms with Gasteiger partial charge < -0.3 is 4.90 Å². The number of fused-ring (bicyclic) bond motifs is 1. The molecule has 0 spiro atoms. The maximum atomic E-state index is 12.1. The number of amidine groups is 1. The third-order valence-corrected chi connectivity index (χ3v) is 7.89. The Morgan fingerprint density at radius 1 is 1.36 bits per heavy atom. The van der Waals surface area contributed by atoms with Crippen LogP contribution in [0, 0.1) is 5.92 Å². The fraction of sp³-hybridized carbons (Fsp3) is 0.529. The lowest BCUT2D eigenvalue weighted by Crippen LogP contribution is -2.37. The van der Waals surface area contributed by atoms with Crippen LogP contribution in [-0.4, -0.2) is 47.2 Å². The topological polar surface area (TPSA) is 66.8 Å². The predicted molar refractivity (Wildman–Crippen MR) is 103 cm³/mol. The Hall–Kier alpha value is -1.05. The number of thioether (sulfide) groups is 1. The minimum absolute atomic E-state index is 0.0712. The molecule has 1 amide bonds. The number of nitrogens with zero attached hydrogens (tertiary/aromatic N) is 2. The summed E-state index contributed by atoms with van der Waals surface area (Å²) in [7, 11) is -3.05. The second kappa shape index (κ2) is 7.29. The van der Waals surface area contributed by atoms with Crippen molar-refractivity contribution in [2.45, 2.75) is 38.1 Å². The first-order valence-corrected chi connectivity index (χ1v) is 11.3. The van der Waals surface area contributed by atoms with Gasteiger partial charge in [0.05, 0.1) is 17.5 Å². The Morgan fingerprint density at radius 3 is 2.76 bits per heavy atom. The molecular formula is C17H21ClN2O3S2. The Morgan fingerprint density at radius 2 is 2.08 bits per heavy atom. The van der Waals surface area contributed by atoms with Crippen LogP contribution in [0.25, 0.3) is 0 Å². The van der Waals surface area contributed by atoms with Crippen molar-refractivity contribution in [3.05, 3.63) is 34.9 Å². The molecule has 25 heavy (non-hydrogen) atoms. The molecule has 5 nitrogen and oxygen atoms in total. The summed E-state index contributed by atoms with van der Waals surface area (Å²) in [6.07, 6.45) is 0.387. The Balaban J connectivity index is 1.88. The van der Waals surface area contributed by atoms with E-state index in [0.717, 1.165) is 5.56 Å². The van der Waals surface area contributed by atoms with Crippen molar-refractivity contribution in [3.8, 4) is 0 Å². The predicted octanol–water partition coefficient (Wildman–Crippen LogP) is 2.98. The number of hydrogen-bond acceptors (Lipinski definition) is 4. The van der Waals surface area contributed by atoms with Gasteiger partial charge in [0.1, 0.15) is 0 Å². The van der Waals surface area contributed by atoms with E-state index in [9.17, 15) is 13.2 Å². The number of halogens is 1. The lowest BCUT2D eigenvalue weighted by Gasteiger charge is -2.25. The van der Waals surface area contributed by atoms with E-state index in [1.165, 1.54) is 11.8 Å². The number of aliphatic imine (C=N–C) groups is 1. The summed E-state index contributed by atoms with van der Waals surface area (Å²) < 4.78 is 24.0. The second-order valence-corrected chi connectivity index (χ2v) is 10.7. The number of benzene rings is 1. The van der Waals surface area contributed by atoms with Gasteiger partial charge in [-0.15, -0.1) is 0 Å². The molecule has 0 aliphatic carbocycles. The minimum atomic E-state index is -3.05. The molecule has 1 aromatic carbocycles. The highest BCUT2D eigenvalue weighted by molar-refractivity contribution is 8.15. The van der Waals surface area contributed by atoms with Gasteiger partial charge in [-0.1, -0.05) is 55.4 Å². The van der Waals surface area contributed by atoms with Gasteiger partial charge in [0.25, 0.3) is 0 Å². The molecular weight excluding hydrogens is 380 g/mol. The maximum Gasteiger partial charge on any atom is 0.248 e. The lowest BCUT2D eigenvalue weighted by atomic mass is 10.1. The third kappa shape index (κ3) is 4.38. The van der Waals surface area contributed by atoms with Gasteiger partial charge >= 0.3 is 0 Å². The zero-order chi connectivity index (χ0) is 18.2. The molecule has 0 bridgehead atoms. The van der Waals surface area contributed by atoms with Crippen molar-refractivity contribution < 1.29 is 13.2 Å².